The van der Waals surface area contributed by atoms with Gasteiger partial charge in [0.2, 0.25) is 5.01 Å². The first-order valence-electron chi connectivity index (χ1n) is 5.62. The van der Waals surface area contributed by atoms with E-state index in [-0.39, 0.29) is 5.01 Å². The van der Waals surface area contributed by atoms with Crippen molar-refractivity contribution in [3.63, 3.8) is 0 Å². The van der Waals surface area contributed by atoms with Gasteiger partial charge < -0.3 is 9.84 Å². The van der Waals surface area contributed by atoms with Gasteiger partial charge >= 0.3 is 5.97 Å². The van der Waals surface area contributed by atoms with Gasteiger partial charge in [-0.1, -0.05) is 6.92 Å². The summed E-state index contributed by atoms with van der Waals surface area (Å²) in [6.45, 7) is 2.75. The van der Waals surface area contributed by atoms with E-state index >= 15 is 0 Å². The second-order valence-electron chi connectivity index (χ2n) is 3.72. The average Bonchev–Trinajstić information content (AvgIpc) is 2.87. The van der Waals surface area contributed by atoms with Gasteiger partial charge in [-0.2, -0.15) is 0 Å². The normalized spacial score (nSPS) is 10.3. The SMILES string of the molecule is CCCOc1ccc(-c2csc(C(=O)O)n2)cc1. The topological polar surface area (TPSA) is 59.4 Å². The zero-order chi connectivity index (χ0) is 13.0. The van der Waals surface area contributed by atoms with Crippen LogP contribution in [0.3, 0.4) is 0 Å². The van der Waals surface area contributed by atoms with Crippen LogP contribution in [0.4, 0.5) is 0 Å². The number of carboxylic acid groups (broad SMARTS) is 1. The number of carbonyl (C=O) groups is 1. The van der Waals surface area contributed by atoms with Crippen molar-refractivity contribution in [1.29, 1.82) is 0 Å². The summed E-state index contributed by atoms with van der Waals surface area (Å²) < 4.78 is 5.48. The number of hydrogen-bond donors (Lipinski definition) is 1. The molecule has 1 aromatic carbocycles. The van der Waals surface area contributed by atoms with Crippen LogP contribution in [0.25, 0.3) is 11.3 Å². The minimum Gasteiger partial charge on any atom is -0.494 e. The van der Waals surface area contributed by atoms with Gasteiger partial charge in [-0.05, 0) is 30.7 Å². The van der Waals surface area contributed by atoms with Gasteiger partial charge in [0.15, 0.2) is 0 Å². The highest BCUT2D eigenvalue weighted by Gasteiger charge is 2.10. The molecule has 1 aromatic heterocycles. The molecule has 0 fully saturated rings. The minimum atomic E-state index is -0.992. The number of ether oxygens (including phenoxy) is 1. The third-order valence-corrected chi connectivity index (χ3v) is 3.14. The van der Waals surface area contributed by atoms with Gasteiger partial charge in [-0.15, -0.1) is 11.3 Å². The van der Waals surface area contributed by atoms with Crippen molar-refractivity contribution in [1.82, 2.24) is 4.98 Å². The molecule has 18 heavy (non-hydrogen) atoms. The molecular weight excluding hydrogens is 250 g/mol. The smallest absolute Gasteiger partial charge is 0.365 e. The summed E-state index contributed by atoms with van der Waals surface area (Å²) >= 11 is 1.13. The molecule has 0 aliphatic heterocycles. The summed E-state index contributed by atoms with van der Waals surface area (Å²) in [5.74, 6) is -0.177. The Balaban J connectivity index is 2.15. The second kappa shape index (κ2) is 5.64. The van der Waals surface area contributed by atoms with Crippen molar-refractivity contribution in [3.05, 3.63) is 34.7 Å². The average molecular weight is 263 g/mol. The van der Waals surface area contributed by atoms with Crippen LogP contribution in [0.5, 0.6) is 5.75 Å². The van der Waals surface area contributed by atoms with Crippen LogP contribution >= 0.6 is 11.3 Å². The van der Waals surface area contributed by atoms with Crippen molar-refractivity contribution in [2.45, 2.75) is 13.3 Å². The van der Waals surface area contributed by atoms with E-state index in [1.807, 2.05) is 24.3 Å². The van der Waals surface area contributed by atoms with E-state index in [0.29, 0.717) is 12.3 Å². The summed E-state index contributed by atoms with van der Waals surface area (Å²) in [6, 6.07) is 7.49. The Hall–Kier alpha value is -1.88. The fourth-order valence-electron chi connectivity index (χ4n) is 1.45. The maximum atomic E-state index is 10.7. The summed E-state index contributed by atoms with van der Waals surface area (Å²) in [4.78, 5) is 14.8. The molecule has 0 spiro atoms. The predicted octanol–water partition coefficient (Wildman–Crippen LogP) is 3.30. The third-order valence-electron chi connectivity index (χ3n) is 2.31. The first-order valence-corrected chi connectivity index (χ1v) is 6.50. The summed E-state index contributed by atoms with van der Waals surface area (Å²) in [5, 5.41) is 10.7. The lowest BCUT2D eigenvalue weighted by Crippen LogP contribution is -1.95. The van der Waals surface area contributed by atoms with Crippen LogP contribution in [-0.2, 0) is 0 Å². The van der Waals surface area contributed by atoms with Gasteiger partial charge in [0, 0.05) is 10.9 Å². The molecule has 0 radical (unpaired) electrons. The van der Waals surface area contributed by atoms with Gasteiger partial charge in [0.1, 0.15) is 5.75 Å². The lowest BCUT2D eigenvalue weighted by Gasteiger charge is -2.04. The van der Waals surface area contributed by atoms with Crippen molar-refractivity contribution in [2.24, 2.45) is 0 Å². The molecule has 2 rings (SSSR count). The highest BCUT2D eigenvalue weighted by atomic mass is 32.1. The molecule has 0 atom stereocenters. The quantitative estimate of drug-likeness (QED) is 0.899. The highest BCUT2D eigenvalue weighted by Crippen LogP contribution is 2.24. The number of benzene rings is 1. The number of rotatable bonds is 5. The number of hydrogen-bond acceptors (Lipinski definition) is 4. The Labute approximate surface area is 109 Å². The Kier molecular flexibility index (Phi) is 3.94. The van der Waals surface area contributed by atoms with E-state index in [9.17, 15) is 4.79 Å². The van der Waals surface area contributed by atoms with E-state index in [4.69, 9.17) is 9.84 Å². The number of thiazole rings is 1. The Bertz CT molecular complexity index is 533. The van der Waals surface area contributed by atoms with Gasteiger partial charge in [0.25, 0.3) is 0 Å². The van der Waals surface area contributed by atoms with Crippen LogP contribution in [0, 0.1) is 0 Å². The molecule has 0 aliphatic rings. The third kappa shape index (κ3) is 2.87. The molecule has 94 valence electrons. The second-order valence-corrected chi connectivity index (χ2v) is 4.57. The van der Waals surface area contributed by atoms with E-state index in [1.165, 1.54) is 0 Å². The maximum absolute atomic E-state index is 10.7. The molecule has 5 heteroatoms. The van der Waals surface area contributed by atoms with Gasteiger partial charge in [-0.3, -0.25) is 0 Å². The van der Waals surface area contributed by atoms with Crippen LogP contribution in [0.2, 0.25) is 0 Å². The largest absolute Gasteiger partial charge is 0.494 e. The zero-order valence-electron chi connectivity index (χ0n) is 9.92. The zero-order valence-corrected chi connectivity index (χ0v) is 10.7. The molecule has 0 aliphatic carbocycles. The minimum absolute atomic E-state index is 0.108. The van der Waals surface area contributed by atoms with E-state index in [2.05, 4.69) is 11.9 Å². The van der Waals surface area contributed by atoms with E-state index in [1.54, 1.807) is 5.38 Å². The molecule has 0 amide bonds. The van der Waals surface area contributed by atoms with Crippen LogP contribution < -0.4 is 4.74 Å². The number of nitrogens with zero attached hydrogens (tertiary/aromatic N) is 1. The van der Waals surface area contributed by atoms with Crippen LogP contribution in [-0.4, -0.2) is 22.7 Å². The van der Waals surface area contributed by atoms with Crippen molar-refractivity contribution >= 4 is 17.3 Å². The Morgan fingerprint density at radius 3 is 2.67 bits per heavy atom. The predicted molar refractivity (Wildman–Crippen MR) is 70.3 cm³/mol. The fraction of sp³-hybridized carbons (Fsp3) is 0.231. The molecule has 0 saturated heterocycles. The summed E-state index contributed by atoms with van der Waals surface area (Å²) in [6.07, 6.45) is 0.968. The van der Waals surface area contributed by atoms with E-state index < -0.39 is 5.97 Å². The first kappa shape index (κ1) is 12.6. The van der Waals surface area contributed by atoms with Crippen molar-refractivity contribution in [2.75, 3.05) is 6.61 Å². The van der Waals surface area contributed by atoms with Crippen molar-refractivity contribution in [3.8, 4) is 17.0 Å². The van der Waals surface area contributed by atoms with Crippen molar-refractivity contribution < 1.29 is 14.6 Å². The maximum Gasteiger partial charge on any atom is 0.365 e. The first-order chi connectivity index (χ1) is 8.70. The highest BCUT2D eigenvalue weighted by molar-refractivity contribution is 7.11. The standard InChI is InChI=1S/C13H13NO3S/c1-2-7-17-10-5-3-9(4-6-10)11-8-18-12(14-11)13(15)16/h3-6,8H,2,7H2,1H3,(H,15,16). The summed E-state index contributed by atoms with van der Waals surface area (Å²) in [7, 11) is 0. The van der Waals surface area contributed by atoms with Crippen LogP contribution in [0.15, 0.2) is 29.6 Å². The van der Waals surface area contributed by atoms with Gasteiger partial charge in [0.05, 0.1) is 12.3 Å². The Morgan fingerprint density at radius 2 is 2.11 bits per heavy atom. The number of aromatic nitrogens is 1. The molecule has 0 saturated carbocycles. The molecule has 0 unspecified atom stereocenters. The number of aromatic carboxylic acids is 1. The Morgan fingerprint density at radius 1 is 1.39 bits per heavy atom. The number of carboxylic acids is 1. The summed E-state index contributed by atoms with van der Waals surface area (Å²) in [5.41, 5.74) is 1.57. The molecular formula is C13H13NO3S. The molecule has 4 nitrogen and oxygen atoms in total. The molecule has 2 aromatic rings. The van der Waals surface area contributed by atoms with E-state index in [0.717, 1.165) is 29.1 Å². The monoisotopic (exact) mass is 263 g/mol. The lowest BCUT2D eigenvalue weighted by atomic mass is 10.2. The molecule has 0 bridgehead atoms. The molecule has 1 N–H and O–H groups in total. The molecule has 1 heterocycles. The van der Waals surface area contributed by atoms with Crippen LogP contribution in [0.1, 0.15) is 23.1 Å². The fourth-order valence-corrected chi connectivity index (χ4v) is 2.11. The van der Waals surface area contributed by atoms with Gasteiger partial charge in [-0.25, -0.2) is 9.78 Å². The lowest BCUT2D eigenvalue weighted by molar-refractivity contribution is 0.0696.